The maximum Gasteiger partial charge on any atom is 0.207 e. The number of rotatable bonds is 5. The fraction of sp³-hybridized carbons (Fsp3) is 0.130. The Morgan fingerprint density at radius 1 is 1.07 bits per heavy atom. The fourth-order valence-electron chi connectivity index (χ4n) is 3.56. The van der Waals surface area contributed by atoms with Gasteiger partial charge in [-0.2, -0.15) is 5.10 Å². The highest BCUT2D eigenvalue weighted by molar-refractivity contribution is 7.14. The highest BCUT2D eigenvalue weighted by Gasteiger charge is 2.32. The number of anilines is 1. The maximum atomic E-state index is 10.4. The average Bonchev–Trinajstić information content (AvgIpc) is 3.54. The number of hydrogen-bond acceptors (Lipinski definition) is 7. The Hall–Kier alpha value is -3.16. The van der Waals surface area contributed by atoms with Gasteiger partial charge in [0.15, 0.2) is 0 Å². The lowest BCUT2D eigenvalue weighted by Gasteiger charge is -2.21. The van der Waals surface area contributed by atoms with E-state index in [4.69, 9.17) is 14.8 Å². The Morgan fingerprint density at radius 3 is 2.67 bits per heavy atom. The van der Waals surface area contributed by atoms with Crippen LogP contribution >= 0.6 is 22.7 Å². The molecule has 1 N–H and O–H groups in total. The van der Waals surface area contributed by atoms with E-state index in [0.717, 1.165) is 23.0 Å². The number of thiophene rings is 1. The minimum Gasteiger partial charge on any atom is -0.507 e. The van der Waals surface area contributed by atoms with Gasteiger partial charge in [-0.1, -0.05) is 36.4 Å². The third kappa shape index (κ3) is 3.46. The Bertz CT molecular complexity index is 1190. The smallest absolute Gasteiger partial charge is 0.207 e. The Morgan fingerprint density at radius 2 is 1.93 bits per heavy atom. The van der Waals surface area contributed by atoms with Crippen LogP contribution in [0.3, 0.4) is 0 Å². The monoisotopic (exact) mass is 433 g/mol. The van der Waals surface area contributed by atoms with Gasteiger partial charge in [0.25, 0.3) is 0 Å². The molecule has 2 aromatic carbocycles. The van der Waals surface area contributed by atoms with Gasteiger partial charge in [-0.25, -0.2) is 9.99 Å². The largest absolute Gasteiger partial charge is 0.507 e. The van der Waals surface area contributed by atoms with Gasteiger partial charge in [-0.3, -0.25) is 0 Å². The average molecular weight is 434 g/mol. The molecule has 0 spiro atoms. The Kier molecular flexibility index (Phi) is 4.98. The number of benzene rings is 2. The van der Waals surface area contributed by atoms with E-state index < -0.39 is 0 Å². The van der Waals surface area contributed by atoms with Crippen molar-refractivity contribution in [3.8, 4) is 22.8 Å². The summed E-state index contributed by atoms with van der Waals surface area (Å²) in [6, 6.07) is 19.9. The van der Waals surface area contributed by atoms with Crippen molar-refractivity contribution in [1.29, 1.82) is 0 Å². The molecule has 0 saturated heterocycles. The van der Waals surface area contributed by atoms with E-state index in [-0.39, 0.29) is 11.8 Å². The van der Waals surface area contributed by atoms with Crippen molar-refractivity contribution >= 4 is 33.5 Å². The number of hydrogen-bond donors (Lipinski definition) is 1. The highest BCUT2D eigenvalue weighted by atomic mass is 32.1. The first kappa shape index (κ1) is 18.8. The fourth-order valence-corrected chi connectivity index (χ4v) is 5.11. The SMILES string of the molecule is COc1ccc(-c2csc(N3N=C(c4cccs4)C[C@@H]3c3ccccc3)n2)c(O)c1. The van der Waals surface area contributed by atoms with Crippen LogP contribution in [0.1, 0.15) is 22.9 Å². The summed E-state index contributed by atoms with van der Waals surface area (Å²) in [6.45, 7) is 0. The molecule has 0 bridgehead atoms. The molecule has 1 aliphatic rings. The Labute approximate surface area is 182 Å². The summed E-state index contributed by atoms with van der Waals surface area (Å²) < 4.78 is 5.18. The van der Waals surface area contributed by atoms with Gasteiger partial charge in [-0.15, -0.1) is 22.7 Å². The first-order valence-electron chi connectivity index (χ1n) is 9.51. The molecule has 0 fully saturated rings. The molecule has 5 rings (SSSR count). The molecule has 0 aliphatic carbocycles. The number of aromatic hydroxyl groups is 1. The molecule has 7 heteroatoms. The molecule has 0 amide bonds. The molecule has 1 atom stereocenters. The normalized spacial score (nSPS) is 16.0. The van der Waals surface area contributed by atoms with E-state index in [9.17, 15) is 5.11 Å². The zero-order valence-corrected chi connectivity index (χ0v) is 17.9. The van der Waals surface area contributed by atoms with Gasteiger partial charge in [-0.05, 0) is 29.1 Å². The minimum atomic E-state index is 0.0896. The third-order valence-corrected chi connectivity index (χ3v) is 6.82. The van der Waals surface area contributed by atoms with Crippen molar-refractivity contribution in [2.75, 3.05) is 12.1 Å². The number of methoxy groups -OCH3 is 1. The van der Waals surface area contributed by atoms with Crippen molar-refractivity contribution in [1.82, 2.24) is 4.98 Å². The van der Waals surface area contributed by atoms with Crippen LogP contribution in [0.2, 0.25) is 0 Å². The van der Waals surface area contributed by atoms with Crippen LogP contribution in [0.5, 0.6) is 11.5 Å². The number of hydrazone groups is 1. The molecule has 4 aromatic rings. The van der Waals surface area contributed by atoms with Crippen molar-refractivity contribution < 1.29 is 9.84 Å². The van der Waals surface area contributed by atoms with E-state index in [0.29, 0.717) is 11.3 Å². The first-order chi connectivity index (χ1) is 14.7. The number of ether oxygens (including phenoxy) is 1. The van der Waals surface area contributed by atoms with Gasteiger partial charge in [0.2, 0.25) is 5.13 Å². The van der Waals surface area contributed by atoms with Crippen molar-refractivity contribution in [3.63, 3.8) is 0 Å². The molecule has 1 aliphatic heterocycles. The third-order valence-electron chi connectivity index (χ3n) is 5.07. The van der Waals surface area contributed by atoms with Crippen LogP contribution in [0.15, 0.2) is 76.5 Å². The topological polar surface area (TPSA) is 58.0 Å². The summed E-state index contributed by atoms with van der Waals surface area (Å²) in [6.07, 6.45) is 0.827. The van der Waals surface area contributed by atoms with Crippen LogP contribution < -0.4 is 9.75 Å². The predicted octanol–water partition coefficient (Wildman–Crippen LogP) is 5.94. The molecule has 2 aromatic heterocycles. The van der Waals surface area contributed by atoms with E-state index in [1.165, 1.54) is 21.8 Å². The number of aromatic nitrogens is 1. The van der Waals surface area contributed by atoms with Crippen LogP contribution in [-0.4, -0.2) is 22.9 Å². The second kappa shape index (κ2) is 7.93. The van der Waals surface area contributed by atoms with Gasteiger partial charge >= 0.3 is 0 Å². The Balaban J connectivity index is 1.52. The van der Waals surface area contributed by atoms with Gasteiger partial charge < -0.3 is 9.84 Å². The number of nitrogens with zero attached hydrogens (tertiary/aromatic N) is 3. The lowest BCUT2D eigenvalue weighted by atomic mass is 10.0. The summed E-state index contributed by atoms with van der Waals surface area (Å²) in [7, 11) is 1.58. The van der Waals surface area contributed by atoms with Crippen molar-refractivity contribution in [2.24, 2.45) is 5.10 Å². The van der Waals surface area contributed by atoms with Gasteiger partial charge in [0, 0.05) is 23.4 Å². The van der Waals surface area contributed by atoms with Crippen LogP contribution in [0, 0.1) is 0 Å². The zero-order chi connectivity index (χ0) is 20.5. The summed E-state index contributed by atoms with van der Waals surface area (Å²) in [5.41, 5.74) is 3.68. The molecular formula is C23H19N3O2S2. The van der Waals surface area contributed by atoms with Crippen molar-refractivity contribution in [2.45, 2.75) is 12.5 Å². The van der Waals surface area contributed by atoms with Crippen molar-refractivity contribution in [3.05, 3.63) is 81.9 Å². The summed E-state index contributed by atoms with van der Waals surface area (Å²) in [4.78, 5) is 5.99. The zero-order valence-electron chi connectivity index (χ0n) is 16.2. The van der Waals surface area contributed by atoms with E-state index >= 15 is 0 Å². The minimum absolute atomic E-state index is 0.0896. The summed E-state index contributed by atoms with van der Waals surface area (Å²) in [5, 5.41) is 22.2. The second-order valence-corrected chi connectivity index (χ2v) is 8.68. The quantitative estimate of drug-likeness (QED) is 0.423. The van der Waals surface area contributed by atoms with Gasteiger partial charge in [0.05, 0.1) is 29.4 Å². The number of thiazole rings is 1. The van der Waals surface area contributed by atoms with Crippen LogP contribution in [0.25, 0.3) is 11.3 Å². The number of phenolic OH excluding ortho intramolecular Hbond substituents is 1. The van der Waals surface area contributed by atoms with Crippen LogP contribution in [-0.2, 0) is 0 Å². The lowest BCUT2D eigenvalue weighted by Crippen LogP contribution is -2.18. The summed E-state index contributed by atoms with van der Waals surface area (Å²) in [5.74, 6) is 0.760. The molecule has 0 unspecified atom stereocenters. The lowest BCUT2D eigenvalue weighted by molar-refractivity contribution is 0.408. The van der Waals surface area contributed by atoms with E-state index in [1.54, 1.807) is 24.5 Å². The first-order valence-corrected chi connectivity index (χ1v) is 11.3. The number of phenols is 1. The van der Waals surface area contributed by atoms with Gasteiger partial charge in [0.1, 0.15) is 11.5 Å². The molecule has 30 heavy (non-hydrogen) atoms. The van der Waals surface area contributed by atoms with Crippen LogP contribution in [0.4, 0.5) is 5.13 Å². The molecule has 5 nitrogen and oxygen atoms in total. The second-order valence-electron chi connectivity index (χ2n) is 6.90. The molecule has 150 valence electrons. The molecule has 0 radical (unpaired) electrons. The summed E-state index contributed by atoms with van der Waals surface area (Å²) >= 11 is 3.23. The molecule has 3 heterocycles. The highest BCUT2D eigenvalue weighted by Crippen LogP contribution is 2.41. The molecular weight excluding hydrogens is 414 g/mol. The predicted molar refractivity (Wildman–Crippen MR) is 123 cm³/mol. The molecule has 0 saturated carbocycles. The van der Waals surface area contributed by atoms with E-state index in [1.807, 2.05) is 28.6 Å². The standard InChI is InChI=1S/C23H19N3O2S2/c1-28-16-9-10-17(21(27)12-16)19-14-30-23(24-19)26-20(15-6-3-2-4-7-15)13-18(25-26)22-8-5-11-29-22/h2-12,14,20,27H,13H2,1H3/t20-/m1/s1. The maximum absolute atomic E-state index is 10.4. The van der Waals surface area contributed by atoms with E-state index in [2.05, 4.69) is 41.8 Å².